The maximum Gasteiger partial charge on any atom is 0.207 e. The predicted octanol–water partition coefficient (Wildman–Crippen LogP) is 16.0. The quantitative estimate of drug-likeness (QED) is 0.167. The molecule has 5 heteroatoms. The van der Waals surface area contributed by atoms with Gasteiger partial charge in [0.1, 0.15) is 0 Å². The van der Waals surface area contributed by atoms with E-state index in [9.17, 15) is 0 Å². The van der Waals surface area contributed by atoms with Crippen molar-refractivity contribution in [2.75, 3.05) is 4.90 Å². The molecule has 2 saturated carbocycles. The van der Waals surface area contributed by atoms with Crippen LogP contribution < -0.4 is 4.90 Å². The van der Waals surface area contributed by atoms with Gasteiger partial charge in [0.25, 0.3) is 0 Å². The minimum absolute atomic E-state index is 0.325. The Hall–Kier alpha value is -6.27. The summed E-state index contributed by atoms with van der Waals surface area (Å²) in [6.07, 6.45) is 4.47. The molecule has 0 saturated heterocycles. The number of sulfone groups is 1. The highest BCUT2D eigenvalue weighted by molar-refractivity contribution is 7.91. The van der Waals surface area contributed by atoms with E-state index in [1.165, 1.54) is 36.9 Å². The highest BCUT2D eigenvalue weighted by Gasteiger charge is 2.59. The Labute approximate surface area is 380 Å². The summed E-state index contributed by atoms with van der Waals surface area (Å²) in [6, 6.07) is 66.5. The van der Waals surface area contributed by atoms with Gasteiger partial charge in [0.05, 0.1) is 9.79 Å². The van der Waals surface area contributed by atoms with E-state index in [-0.39, 0.29) is 5.41 Å². The number of hydrogen-bond acceptors (Lipinski definition) is 4. The second-order valence-corrected chi connectivity index (χ2v) is 21.7. The molecule has 2 bridgehead atoms. The molecule has 2 heterocycles. The van der Waals surface area contributed by atoms with Crippen molar-refractivity contribution in [3.05, 3.63) is 199 Å². The minimum atomic E-state index is -3.82. The Morgan fingerprint density at radius 1 is 0.438 bits per heavy atom. The Kier molecular flexibility index (Phi) is 9.33. The normalized spacial score (nSPS) is 22.0. The van der Waals surface area contributed by atoms with Gasteiger partial charge in [-0.05, 0) is 148 Å². The van der Waals surface area contributed by atoms with Crippen molar-refractivity contribution in [1.29, 1.82) is 0 Å². The van der Waals surface area contributed by atoms with Crippen molar-refractivity contribution >= 4 is 58.4 Å². The third-order valence-corrected chi connectivity index (χ3v) is 17.9. The standard InChI is InChI=1S/C59H49NO2S2/c1-38-32-46-34-39(2)35-47(33-38)59(46)53-13-7-9-15-57(53)64(61,62)58-37-50(29-31-54(58)59)60(48-25-20-43(21-26-48)42-18-16-41(17-19-42)40-10-4-3-5-11-40)49-27-22-44(23-28-49)45-24-30-52-51-12-6-8-14-55(51)63-56(52)36-45/h3-31,36-39,46-47H,32-35H2,1-2H3. The predicted molar refractivity (Wildman–Crippen MR) is 267 cm³/mol. The van der Waals surface area contributed by atoms with E-state index >= 15 is 8.42 Å². The molecule has 0 amide bonds. The van der Waals surface area contributed by atoms with Gasteiger partial charge in [-0.15, -0.1) is 11.3 Å². The Morgan fingerprint density at radius 2 is 0.906 bits per heavy atom. The average Bonchev–Trinajstić information content (AvgIpc) is 3.70. The van der Waals surface area contributed by atoms with E-state index in [1.807, 2.05) is 35.6 Å². The molecule has 1 aromatic heterocycles. The Balaban J connectivity index is 0.978. The molecule has 0 radical (unpaired) electrons. The topological polar surface area (TPSA) is 37.4 Å². The van der Waals surface area contributed by atoms with Gasteiger partial charge in [-0.2, -0.15) is 0 Å². The van der Waals surface area contributed by atoms with Crippen molar-refractivity contribution in [3.63, 3.8) is 0 Å². The van der Waals surface area contributed by atoms with Crippen LogP contribution in [0.3, 0.4) is 0 Å². The third-order valence-electron chi connectivity index (χ3n) is 14.9. The molecular weight excluding hydrogens is 819 g/mol. The molecule has 64 heavy (non-hydrogen) atoms. The maximum atomic E-state index is 15.1. The summed E-state index contributed by atoms with van der Waals surface area (Å²) in [5, 5.41) is 2.59. The first-order valence-electron chi connectivity index (χ1n) is 22.8. The van der Waals surface area contributed by atoms with Gasteiger partial charge in [0, 0.05) is 42.6 Å². The number of thiophene rings is 1. The highest BCUT2D eigenvalue weighted by atomic mass is 32.2. The lowest BCUT2D eigenvalue weighted by Crippen LogP contribution is -2.54. The molecule has 9 aromatic rings. The second kappa shape index (κ2) is 15.2. The summed E-state index contributed by atoms with van der Waals surface area (Å²) in [5.41, 5.74) is 11.4. The fourth-order valence-electron chi connectivity index (χ4n) is 12.2. The fraction of sp³-hybridized carbons (Fsp3) is 0.186. The Morgan fingerprint density at radius 3 is 1.55 bits per heavy atom. The van der Waals surface area contributed by atoms with Crippen LogP contribution in [0.25, 0.3) is 53.6 Å². The molecule has 3 aliphatic rings. The number of fused-ring (bicyclic) bond motifs is 5. The van der Waals surface area contributed by atoms with Crippen LogP contribution in [-0.2, 0) is 15.3 Å². The van der Waals surface area contributed by atoms with Crippen LogP contribution in [0.1, 0.15) is 50.7 Å². The molecule has 8 aromatic carbocycles. The molecule has 0 atom stereocenters. The van der Waals surface area contributed by atoms with Crippen molar-refractivity contribution in [2.24, 2.45) is 23.7 Å². The molecule has 1 aliphatic heterocycles. The van der Waals surface area contributed by atoms with Gasteiger partial charge < -0.3 is 4.90 Å². The van der Waals surface area contributed by atoms with Crippen LogP contribution in [-0.4, -0.2) is 8.42 Å². The van der Waals surface area contributed by atoms with E-state index < -0.39 is 9.84 Å². The second-order valence-electron chi connectivity index (χ2n) is 18.8. The van der Waals surface area contributed by atoms with Crippen molar-refractivity contribution < 1.29 is 8.42 Å². The largest absolute Gasteiger partial charge is 0.310 e. The fourth-order valence-corrected chi connectivity index (χ4v) is 15.2. The number of hydrogen-bond donors (Lipinski definition) is 0. The summed E-state index contributed by atoms with van der Waals surface area (Å²) >= 11 is 1.83. The number of anilines is 3. The molecule has 3 nitrogen and oxygen atoms in total. The lowest BCUT2D eigenvalue weighted by molar-refractivity contribution is 0.0231. The molecular formula is C59H49NO2S2. The molecule has 314 valence electrons. The molecule has 12 rings (SSSR count). The number of rotatable bonds is 6. The number of nitrogens with zero attached hydrogens (tertiary/aromatic N) is 1. The van der Waals surface area contributed by atoms with E-state index in [4.69, 9.17) is 0 Å². The highest BCUT2D eigenvalue weighted by Crippen LogP contribution is 2.64. The average molecular weight is 868 g/mol. The van der Waals surface area contributed by atoms with Crippen molar-refractivity contribution in [1.82, 2.24) is 0 Å². The van der Waals surface area contributed by atoms with E-state index in [0.29, 0.717) is 33.5 Å². The molecule has 0 unspecified atom stereocenters. The van der Waals surface area contributed by atoms with Gasteiger partial charge >= 0.3 is 0 Å². The van der Waals surface area contributed by atoms with Crippen LogP contribution >= 0.6 is 11.3 Å². The summed E-state index contributed by atoms with van der Waals surface area (Å²) in [4.78, 5) is 3.19. The van der Waals surface area contributed by atoms with Gasteiger partial charge in [-0.1, -0.05) is 147 Å². The van der Waals surface area contributed by atoms with Crippen molar-refractivity contribution in [2.45, 2.75) is 54.7 Å². The zero-order valence-electron chi connectivity index (χ0n) is 36.1. The summed E-state index contributed by atoms with van der Waals surface area (Å²) in [7, 11) is -3.82. The van der Waals surface area contributed by atoms with Gasteiger partial charge in [-0.3, -0.25) is 0 Å². The van der Waals surface area contributed by atoms with Crippen LogP contribution in [0, 0.1) is 23.7 Å². The molecule has 1 spiro atoms. The number of benzene rings is 8. The first kappa shape index (κ1) is 39.3. The van der Waals surface area contributed by atoms with E-state index in [0.717, 1.165) is 70.6 Å². The van der Waals surface area contributed by atoms with Crippen LogP contribution in [0.2, 0.25) is 0 Å². The van der Waals surface area contributed by atoms with Crippen molar-refractivity contribution in [3.8, 4) is 33.4 Å². The lowest BCUT2D eigenvalue weighted by atomic mass is 9.46. The summed E-state index contributed by atoms with van der Waals surface area (Å²) < 4.78 is 32.7. The first-order valence-corrected chi connectivity index (χ1v) is 25.1. The molecule has 2 aliphatic carbocycles. The van der Waals surface area contributed by atoms with Gasteiger partial charge in [-0.25, -0.2) is 8.42 Å². The first-order chi connectivity index (χ1) is 31.3. The molecule has 2 fully saturated rings. The maximum absolute atomic E-state index is 15.1. The van der Waals surface area contributed by atoms with Crippen LogP contribution in [0.5, 0.6) is 0 Å². The summed E-state index contributed by atoms with van der Waals surface area (Å²) in [6.45, 7) is 4.80. The van der Waals surface area contributed by atoms with Gasteiger partial charge in [0.15, 0.2) is 0 Å². The van der Waals surface area contributed by atoms with E-state index in [1.54, 1.807) is 0 Å². The monoisotopic (exact) mass is 867 g/mol. The van der Waals surface area contributed by atoms with Crippen LogP contribution in [0.4, 0.5) is 17.1 Å². The zero-order valence-corrected chi connectivity index (χ0v) is 37.7. The van der Waals surface area contributed by atoms with Crippen LogP contribution in [0.15, 0.2) is 198 Å². The third kappa shape index (κ3) is 6.23. The Bertz CT molecular complexity index is 3300. The summed E-state index contributed by atoms with van der Waals surface area (Å²) in [5.74, 6) is 2.01. The smallest absolute Gasteiger partial charge is 0.207 e. The molecule has 0 N–H and O–H groups in total. The minimum Gasteiger partial charge on any atom is -0.310 e. The lowest BCUT2D eigenvalue weighted by Gasteiger charge is -2.59. The van der Waals surface area contributed by atoms with Gasteiger partial charge in [0.2, 0.25) is 9.84 Å². The SMILES string of the molecule is CC1CC2CC(C)CC(C1)C21c2ccccc2S(=O)(=O)c2cc(N(c3ccc(-c4ccc(-c5ccccc5)cc4)cc3)c3ccc(-c4ccc5c(c4)sc4ccccc45)cc3)ccc21. The zero-order chi connectivity index (χ0) is 43.2. The van der Waals surface area contributed by atoms with E-state index in [2.05, 4.69) is 183 Å².